The van der Waals surface area contributed by atoms with Gasteiger partial charge in [-0.3, -0.25) is 4.90 Å². The van der Waals surface area contributed by atoms with Crippen LogP contribution >= 0.6 is 11.3 Å². The molecule has 1 aromatic rings. The molecule has 2 atom stereocenters. The molecule has 19 heavy (non-hydrogen) atoms. The van der Waals surface area contributed by atoms with E-state index in [0.29, 0.717) is 6.04 Å². The predicted octanol–water partition coefficient (Wildman–Crippen LogP) is 3.58. The van der Waals surface area contributed by atoms with Crippen molar-refractivity contribution in [2.75, 3.05) is 19.6 Å². The SMILES string of the molecule is Cc1ccsc1C(C)N(CC1CC1)CC1CCCN1. The standard InChI is InChI=1S/C16H26N2S/c1-12-7-9-19-16(12)13(2)18(10-14-5-6-14)11-15-4-3-8-17-15/h7,9,13-15,17H,3-6,8,10-11H2,1-2H3. The molecule has 2 nitrogen and oxygen atoms in total. The molecule has 0 bridgehead atoms. The highest BCUT2D eigenvalue weighted by atomic mass is 32.1. The van der Waals surface area contributed by atoms with Crippen LogP contribution in [0.4, 0.5) is 0 Å². The molecular weight excluding hydrogens is 252 g/mol. The van der Waals surface area contributed by atoms with E-state index >= 15 is 0 Å². The van der Waals surface area contributed by atoms with Crippen molar-refractivity contribution >= 4 is 11.3 Å². The van der Waals surface area contributed by atoms with Crippen LogP contribution in [0.15, 0.2) is 11.4 Å². The third-order valence-electron chi connectivity index (χ3n) is 4.64. The molecule has 1 saturated carbocycles. The lowest BCUT2D eigenvalue weighted by atomic mass is 10.1. The first-order valence-corrected chi connectivity index (χ1v) is 8.63. The second kappa shape index (κ2) is 5.94. The summed E-state index contributed by atoms with van der Waals surface area (Å²) in [5, 5.41) is 5.90. The van der Waals surface area contributed by atoms with E-state index in [4.69, 9.17) is 0 Å². The Labute approximate surface area is 121 Å². The van der Waals surface area contributed by atoms with Crippen LogP contribution in [-0.4, -0.2) is 30.6 Å². The number of aryl methyl sites for hydroxylation is 1. The van der Waals surface area contributed by atoms with Gasteiger partial charge in [-0.05, 0) is 69.0 Å². The summed E-state index contributed by atoms with van der Waals surface area (Å²) in [4.78, 5) is 4.30. The molecule has 2 fully saturated rings. The summed E-state index contributed by atoms with van der Waals surface area (Å²) in [6.45, 7) is 8.40. The normalized spacial score (nSPS) is 25.1. The van der Waals surface area contributed by atoms with Gasteiger partial charge in [-0.2, -0.15) is 0 Å². The Balaban J connectivity index is 1.67. The van der Waals surface area contributed by atoms with Crippen LogP contribution in [0.25, 0.3) is 0 Å². The summed E-state index contributed by atoms with van der Waals surface area (Å²) >= 11 is 1.93. The molecule has 2 heterocycles. The Kier molecular flexibility index (Phi) is 4.25. The monoisotopic (exact) mass is 278 g/mol. The fourth-order valence-electron chi connectivity index (χ4n) is 3.20. The average molecular weight is 278 g/mol. The van der Waals surface area contributed by atoms with Crippen molar-refractivity contribution < 1.29 is 0 Å². The number of thiophene rings is 1. The molecule has 0 spiro atoms. The molecule has 1 aliphatic heterocycles. The van der Waals surface area contributed by atoms with E-state index < -0.39 is 0 Å². The smallest absolute Gasteiger partial charge is 0.0416 e. The van der Waals surface area contributed by atoms with Gasteiger partial charge in [0.2, 0.25) is 0 Å². The van der Waals surface area contributed by atoms with E-state index in [2.05, 4.69) is 35.5 Å². The highest BCUT2D eigenvalue weighted by Crippen LogP contribution is 2.35. The number of nitrogens with one attached hydrogen (secondary N) is 1. The van der Waals surface area contributed by atoms with Gasteiger partial charge in [-0.25, -0.2) is 0 Å². The lowest BCUT2D eigenvalue weighted by molar-refractivity contribution is 0.186. The maximum atomic E-state index is 3.66. The maximum Gasteiger partial charge on any atom is 0.0416 e. The van der Waals surface area contributed by atoms with E-state index in [1.807, 2.05) is 11.3 Å². The summed E-state index contributed by atoms with van der Waals surface area (Å²) in [5.41, 5.74) is 1.47. The Hall–Kier alpha value is -0.380. The third-order valence-corrected chi connectivity index (χ3v) is 5.82. The molecule has 3 heteroatoms. The van der Waals surface area contributed by atoms with Gasteiger partial charge in [0.15, 0.2) is 0 Å². The molecule has 0 amide bonds. The second-order valence-corrected chi connectivity index (χ2v) is 7.28. The first kappa shape index (κ1) is 13.6. The van der Waals surface area contributed by atoms with Gasteiger partial charge < -0.3 is 5.32 Å². The van der Waals surface area contributed by atoms with E-state index in [1.165, 1.54) is 50.9 Å². The summed E-state index contributed by atoms with van der Waals surface area (Å²) in [7, 11) is 0. The van der Waals surface area contributed by atoms with Crippen LogP contribution in [0, 0.1) is 12.8 Å². The van der Waals surface area contributed by atoms with Crippen molar-refractivity contribution in [1.29, 1.82) is 0 Å². The molecular formula is C16H26N2S. The molecule has 1 saturated heterocycles. The first-order chi connectivity index (χ1) is 9.24. The van der Waals surface area contributed by atoms with Gasteiger partial charge in [0, 0.05) is 30.1 Å². The molecule has 0 aromatic carbocycles. The zero-order valence-corrected chi connectivity index (χ0v) is 13.0. The van der Waals surface area contributed by atoms with Crippen LogP contribution in [0.2, 0.25) is 0 Å². The Morgan fingerprint density at radius 1 is 1.37 bits per heavy atom. The minimum absolute atomic E-state index is 0.586. The molecule has 3 rings (SSSR count). The Bertz CT molecular complexity index is 405. The topological polar surface area (TPSA) is 15.3 Å². The van der Waals surface area contributed by atoms with Gasteiger partial charge in [0.1, 0.15) is 0 Å². The molecule has 106 valence electrons. The van der Waals surface area contributed by atoms with Gasteiger partial charge >= 0.3 is 0 Å². The maximum absolute atomic E-state index is 3.66. The van der Waals surface area contributed by atoms with Crippen LogP contribution in [-0.2, 0) is 0 Å². The van der Waals surface area contributed by atoms with Crippen molar-refractivity contribution in [1.82, 2.24) is 10.2 Å². The highest BCUT2D eigenvalue weighted by Gasteiger charge is 2.30. The van der Waals surface area contributed by atoms with Crippen LogP contribution in [0.1, 0.15) is 49.1 Å². The van der Waals surface area contributed by atoms with Gasteiger partial charge in [0.05, 0.1) is 0 Å². The quantitative estimate of drug-likeness (QED) is 0.855. The zero-order valence-electron chi connectivity index (χ0n) is 12.2. The van der Waals surface area contributed by atoms with Gasteiger partial charge in [-0.1, -0.05) is 0 Å². The van der Waals surface area contributed by atoms with E-state index in [9.17, 15) is 0 Å². The fourth-order valence-corrected chi connectivity index (χ4v) is 4.22. The molecule has 0 radical (unpaired) electrons. The van der Waals surface area contributed by atoms with Gasteiger partial charge in [0.25, 0.3) is 0 Å². The van der Waals surface area contributed by atoms with E-state index in [0.717, 1.165) is 12.0 Å². The van der Waals surface area contributed by atoms with Crippen LogP contribution in [0.5, 0.6) is 0 Å². The highest BCUT2D eigenvalue weighted by molar-refractivity contribution is 7.10. The van der Waals surface area contributed by atoms with Crippen LogP contribution < -0.4 is 5.32 Å². The Morgan fingerprint density at radius 2 is 2.21 bits per heavy atom. The average Bonchev–Trinajstić information content (AvgIpc) is 2.88. The van der Waals surface area contributed by atoms with Crippen molar-refractivity contribution in [3.05, 3.63) is 21.9 Å². The molecule has 2 aliphatic rings. The zero-order chi connectivity index (χ0) is 13.2. The number of nitrogens with zero attached hydrogens (tertiary/aromatic N) is 1. The molecule has 1 aromatic heterocycles. The van der Waals surface area contributed by atoms with E-state index in [1.54, 1.807) is 4.88 Å². The molecule has 1 aliphatic carbocycles. The summed E-state index contributed by atoms with van der Waals surface area (Å²) in [5.74, 6) is 0.976. The molecule has 2 unspecified atom stereocenters. The van der Waals surface area contributed by atoms with Crippen molar-refractivity contribution in [3.63, 3.8) is 0 Å². The summed E-state index contributed by atoms with van der Waals surface area (Å²) in [6.07, 6.45) is 5.61. The number of rotatable bonds is 6. The third kappa shape index (κ3) is 3.39. The lowest BCUT2D eigenvalue weighted by Crippen LogP contribution is -2.40. The summed E-state index contributed by atoms with van der Waals surface area (Å²) in [6, 6.07) is 3.57. The van der Waals surface area contributed by atoms with Gasteiger partial charge in [-0.15, -0.1) is 11.3 Å². The number of hydrogen-bond donors (Lipinski definition) is 1. The first-order valence-electron chi connectivity index (χ1n) is 7.75. The minimum atomic E-state index is 0.586. The van der Waals surface area contributed by atoms with Crippen LogP contribution in [0.3, 0.4) is 0 Å². The predicted molar refractivity (Wildman–Crippen MR) is 82.8 cm³/mol. The van der Waals surface area contributed by atoms with Crippen molar-refractivity contribution in [2.45, 2.75) is 51.6 Å². The second-order valence-electron chi connectivity index (χ2n) is 6.33. The lowest BCUT2D eigenvalue weighted by Gasteiger charge is -2.31. The summed E-state index contributed by atoms with van der Waals surface area (Å²) < 4.78 is 0. The van der Waals surface area contributed by atoms with E-state index in [-0.39, 0.29) is 0 Å². The molecule has 1 N–H and O–H groups in total. The number of hydrogen-bond acceptors (Lipinski definition) is 3. The van der Waals surface area contributed by atoms with Crippen molar-refractivity contribution in [2.24, 2.45) is 5.92 Å². The largest absolute Gasteiger partial charge is 0.313 e. The Morgan fingerprint density at radius 3 is 2.79 bits per heavy atom. The fraction of sp³-hybridized carbons (Fsp3) is 0.750. The minimum Gasteiger partial charge on any atom is -0.313 e. The van der Waals surface area contributed by atoms with Crippen molar-refractivity contribution in [3.8, 4) is 0 Å².